The fourth-order valence-corrected chi connectivity index (χ4v) is 6.69. The van der Waals surface area contributed by atoms with E-state index in [2.05, 4.69) is 45.7 Å². The van der Waals surface area contributed by atoms with Crippen molar-refractivity contribution in [2.45, 2.75) is 72.3 Å². The molecule has 2 aromatic carbocycles. The summed E-state index contributed by atoms with van der Waals surface area (Å²) < 4.78 is 12.2. The molecule has 0 radical (unpaired) electrons. The maximum absolute atomic E-state index is 13.7. The Kier molecular flexibility index (Phi) is 7.47. The number of allylic oxidation sites excluding steroid dienone is 5. The summed E-state index contributed by atoms with van der Waals surface area (Å²) in [5, 5.41) is 4.23. The molecule has 210 valence electrons. The van der Waals surface area contributed by atoms with E-state index in [0.717, 1.165) is 40.9 Å². The summed E-state index contributed by atoms with van der Waals surface area (Å²) in [7, 11) is 1.61. The van der Waals surface area contributed by atoms with Crippen LogP contribution < -0.4 is 14.8 Å². The standard InChI is InChI=1S/C34H38ClNO4/c1-7-9-21-13-22(14-28(39-6)32(21)40-19-20-10-8-11-23(35)12-20)29-30-24(15-33(2,3)17-26(30)37)36-25-16-34(4,5)18-27(38)31(25)29/h7-8,10-14,29,36H,1,9,15-19H2,2-6H3. The van der Waals surface area contributed by atoms with Crippen molar-refractivity contribution >= 4 is 23.2 Å². The highest BCUT2D eigenvalue weighted by Crippen LogP contribution is 2.52. The summed E-state index contributed by atoms with van der Waals surface area (Å²) in [4.78, 5) is 27.5. The lowest BCUT2D eigenvalue weighted by molar-refractivity contribution is -0.119. The molecule has 0 unspecified atom stereocenters. The Labute approximate surface area is 242 Å². The van der Waals surface area contributed by atoms with Crippen LogP contribution in [0.25, 0.3) is 0 Å². The molecule has 6 heteroatoms. The maximum Gasteiger partial charge on any atom is 0.165 e. The van der Waals surface area contributed by atoms with Crippen molar-refractivity contribution in [2.75, 3.05) is 7.11 Å². The van der Waals surface area contributed by atoms with Crippen molar-refractivity contribution in [1.29, 1.82) is 0 Å². The second-order valence-electron chi connectivity index (χ2n) is 12.8. The largest absolute Gasteiger partial charge is 0.493 e. The van der Waals surface area contributed by atoms with Crippen molar-refractivity contribution in [1.82, 2.24) is 5.32 Å². The third kappa shape index (κ3) is 5.49. The minimum atomic E-state index is -0.446. The van der Waals surface area contributed by atoms with Gasteiger partial charge in [-0.15, -0.1) is 6.58 Å². The quantitative estimate of drug-likeness (QED) is 0.353. The second kappa shape index (κ2) is 10.6. The van der Waals surface area contributed by atoms with Gasteiger partial charge in [-0.05, 0) is 59.4 Å². The molecule has 0 atom stereocenters. The molecule has 1 heterocycles. The Balaban J connectivity index is 1.64. The van der Waals surface area contributed by atoms with Crippen LogP contribution in [0.3, 0.4) is 0 Å². The molecular formula is C34H38ClNO4. The number of carbonyl (C=O) groups excluding carboxylic acids is 2. The molecule has 5 rings (SSSR count). The van der Waals surface area contributed by atoms with Crippen LogP contribution >= 0.6 is 11.6 Å². The smallest absolute Gasteiger partial charge is 0.165 e. The van der Waals surface area contributed by atoms with Crippen LogP contribution in [0.1, 0.15) is 76.0 Å². The lowest BCUT2D eigenvalue weighted by Gasteiger charge is -2.44. The minimum Gasteiger partial charge on any atom is -0.493 e. The first kappa shape index (κ1) is 28.2. The van der Waals surface area contributed by atoms with Crippen molar-refractivity contribution in [2.24, 2.45) is 10.8 Å². The van der Waals surface area contributed by atoms with E-state index < -0.39 is 5.92 Å². The topological polar surface area (TPSA) is 64.6 Å². The van der Waals surface area contributed by atoms with Gasteiger partial charge >= 0.3 is 0 Å². The van der Waals surface area contributed by atoms with Crippen molar-refractivity contribution < 1.29 is 19.1 Å². The summed E-state index contributed by atoms with van der Waals surface area (Å²) in [5.74, 6) is 0.928. The van der Waals surface area contributed by atoms with Crippen LogP contribution in [0.5, 0.6) is 11.5 Å². The van der Waals surface area contributed by atoms with Gasteiger partial charge in [-0.1, -0.05) is 63.6 Å². The number of nitrogens with one attached hydrogen (secondary N) is 1. The number of benzene rings is 2. The Morgan fingerprint density at radius 1 is 0.975 bits per heavy atom. The van der Waals surface area contributed by atoms with E-state index in [1.165, 1.54) is 0 Å². The molecule has 0 spiro atoms. The number of hydrogen-bond acceptors (Lipinski definition) is 5. The average molecular weight is 560 g/mol. The molecular weight excluding hydrogens is 522 g/mol. The monoisotopic (exact) mass is 559 g/mol. The highest BCUT2D eigenvalue weighted by molar-refractivity contribution is 6.30. The second-order valence-corrected chi connectivity index (χ2v) is 13.3. The third-order valence-electron chi connectivity index (χ3n) is 8.06. The van der Waals surface area contributed by atoms with E-state index in [-0.39, 0.29) is 22.4 Å². The highest BCUT2D eigenvalue weighted by atomic mass is 35.5. The third-order valence-corrected chi connectivity index (χ3v) is 8.30. The summed E-state index contributed by atoms with van der Waals surface area (Å²) >= 11 is 6.18. The van der Waals surface area contributed by atoms with E-state index in [0.29, 0.717) is 53.5 Å². The van der Waals surface area contributed by atoms with Crippen LogP contribution in [-0.2, 0) is 22.6 Å². The number of rotatable bonds is 7. The molecule has 0 saturated heterocycles. The fourth-order valence-electron chi connectivity index (χ4n) is 6.48. The molecule has 0 bridgehead atoms. The highest BCUT2D eigenvalue weighted by Gasteiger charge is 2.46. The van der Waals surface area contributed by atoms with Gasteiger partial charge in [-0.2, -0.15) is 0 Å². The van der Waals surface area contributed by atoms with E-state index in [4.69, 9.17) is 21.1 Å². The molecule has 0 saturated carbocycles. The lowest BCUT2D eigenvalue weighted by Crippen LogP contribution is -2.42. The van der Waals surface area contributed by atoms with Gasteiger partial charge in [-0.25, -0.2) is 0 Å². The van der Waals surface area contributed by atoms with E-state index in [1.54, 1.807) is 7.11 Å². The summed E-state index contributed by atoms with van der Waals surface area (Å²) in [5.41, 5.74) is 5.72. The van der Waals surface area contributed by atoms with Crippen molar-refractivity contribution in [3.05, 3.63) is 93.3 Å². The Hall–Kier alpha value is -3.31. The SMILES string of the molecule is C=CCc1cc(C2C3=C(CC(C)(C)CC3=O)NC3=C2C(=O)CC(C)(C)C3)cc(OC)c1OCc1cccc(Cl)c1. The van der Waals surface area contributed by atoms with Crippen LogP contribution in [0, 0.1) is 10.8 Å². The predicted molar refractivity (Wildman–Crippen MR) is 159 cm³/mol. The van der Waals surface area contributed by atoms with Crippen LogP contribution in [0.2, 0.25) is 5.02 Å². The number of ketones is 2. The number of Topliss-reactive ketones (excluding diaryl/α,β-unsaturated/α-hetero) is 2. The Morgan fingerprint density at radius 3 is 2.15 bits per heavy atom. The zero-order valence-electron chi connectivity index (χ0n) is 24.1. The van der Waals surface area contributed by atoms with Gasteiger partial charge in [0, 0.05) is 51.9 Å². The number of methoxy groups -OCH3 is 1. The van der Waals surface area contributed by atoms with Gasteiger partial charge in [-0.3, -0.25) is 9.59 Å². The first-order valence-corrected chi connectivity index (χ1v) is 14.3. The summed E-state index contributed by atoms with van der Waals surface area (Å²) in [6.45, 7) is 12.8. The fraction of sp³-hybridized carbons (Fsp3) is 0.412. The molecule has 0 amide bonds. The number of ether oxygens (including phenoxy) is 2. The van der Waals surface area contributed by atoms with Gasteiger partial charge in [0.2, 0.25) is 0 Å². The number of carbonyl (C=O) groups is 2. The normalized spacial score (nSPS) is 20.1. The maximum atomic E-state index is 13.7. The van der Waals surface area contributed by atoms with Gasteiger partial charge in [0.25, 0.3) is 0 Å². The van der Waals surface area contributed by atoms with E-state index >= 15 is 0 Å². The molecule has 0 aromatic heterocycles. The Bertz CT molecular complexity index is 1410. The van der Waals surface area contributed by atoms with Gasteiger partial charge in [0.05, 0.1) is 7.11 Å². The molecule has 2 aromatic rings. The summed E-state index contributed by atoms with van der Waals surface area (Å²) in [6.07, 6.45) is 4.78. The molecule has 1 aliphatic heterocycles. The first-order chi connectivity index (χ1) is 18.9. The molecule has 40 heavy (non-hydrogen) atoms. The van der Waals surface area contributed by atoms with Gasteiger partial charge < -0.3 is 14.8 Å². The first-order valence-electron chi connectivity index (χ1n) is 13.9. The zero-order chi connectivity index (χ0) is 28.8. The van der Waals surface area contributed by atoms with Crippen LogP contribution in [0.4, 0.5) is 0 Å². The molecule has 0 fully saturated rings. The van der Waals surface area contributed by atoms with Gasteiger partial charge in [0.1, 0.15) is 6.61 Å². The minimum absolute atomic E-state index is 0.0958. The molecule has 5 nitrogen and oxygen atoms in total. The van der Waals surface area contributed by atoms with E-state index in [9.17, 15) is 9.59 Å². The van der Waals surface area contributed by atoms with Crippen LogP contribution in [0.15, 0.2) is 71.6 Å². The molecule has 1 N–H and O–H groups in total. The number of dihydropyridines is 1. The predicted octanol–water partition coefficient (Wildman–Crippen LogP) is 7.63. The van der Waals surface area contributed by atoms with Gasteiger partial charge in [0.15, 0.2) is 23.1 Å². The average Bonchev–Trinajstić information content (AvgIpc) is 2.85. The van der Waals surface area contributed by atoms with Crippen molar-refractivity contribution in [3.8, 4) is 11.5 Å². The zero-order valence-corrected chi connectivity index (χ0v) is 24.8. The van der Waals surface area contributed by atoms with Crippen molar-refractivity contribution in [3.63, 3.8) is 0 Å². The summed E-state index contributed by atoms with van der Waals surface area (Å²) in [6, 6.07) is 11.6. The Morgan fingerprint density at radius 2 is 1.60 bits per heavy atom. The molecule has 2 aliphatic carbocycles. The van der Waals surface area contributed by atoms with E-state index in [1.807, 2.05) is 36.4 Å². The number of halogens is 1. The molecule has 3 aliphatic rings. The number of hydrogen-bond donors (Lipinski definition) is 1. The van der Waals surface area contributed by atoms with Crippen LogP contribution in [-0.4, -0.2) is 18.7 Å². The lowest BCUT2D eigenvalue weighted by atomic mass is 9.64.